The molecule has 1 unspecified atom stereocenters. The Bertz CT molecular complexity index is 816. The highest BCUT2D eigenvalue weighted by molar-refractivity contribution is 7.87. The van der Waals surface area contributed by atoms with Crippen molar-refractivity contribution in [3.05, 3.63) is 40.7 Å². The van der Waals surface area contributed by atoms with E-state index in [2.05, 4.69) is 13.8 Å². The van der Waals surface area contributed by atoms with E-state index in [9.17, 15) is 13.2 Å². The summed E-state index contributed by atoms with van der Waals surface area (Å²) in [5.41, 5.74) is 2.68. The van der Waals surface area contributed by atoms with E-state index in [1.165, 1.54) is 6.08 Å². The molecule has 1 atom stereocenters. The highest BCUT2D eigenvalue weighted by atomic mass is 32.2. The maximum absolute atomic E-state index is 13.3. The van der Waals surface area contributed by atoms with Gasteiger partial charge in [-0.1, -0.05) is 60.6 Å². The van der Waals surface area contributed by atoms with E-state index in [4.69, 9.17) is 4.18 Å². The third kappa shape index (κ3) is 5.01. The molecule has 5 heteroatoms. The largest absolute Gasteiger partial charge is 0.383 e. The molecular formula is C22H32O4S. The highest BCUT2D eigenvalue weighted by Crippen LogP contribution is 2.37. The van der Waals surface area contributed by atoms with E-state index in [0.29, 0.717) is 18.8 Å². The first-order valence-electron chi connectivity index (χ1n) is 9.78. The fourth-order valence-corrected chi connectivity index (χ4v) is 5.12. The predicted octanol–water partition coefficient (Wildman–Crippen LogP) is 5.65. The van der Waals surface area contributed by atoms with Gasteiger partial charge in [0.15, 0.2) is 5.78 Å². The molecular weight excluding hydrogens is 360 g/mol. The van der Waals surface area contributed by atoms with Gasteiger partial charge >= 0.3 is 10.1 Å². The van der Waals surface area contributed by atoms with Crippen molar-refractivity contribution in [3.8, 4) is 0 Å². The monoisotopic (exact) mass is 392 g/mol. The van der Waals surface area contributed by atoms with Crippen LogP contribution in [0.25, 0.3) is 0 Å². The van der Waals surface area contributed by atoms with Crippen LogP contribution < -0.4 is 0 Å². The molecule has 0 saturated carbocycles. The Morgan fingerprint density at radius 3 is 1.85 bits per heavy atom. The Morgan fingerprint density at radius 2 is 1.44 bits per heavy atom. The smallest absolute Gasteiger partial charge is 0.339 e. The lowest BCUT2D eigenvalue weighted by Gasteiger charge is -2.24. The first-order valence-corrected chi connectivity index (χ1v) is 11.2. The molecule has 27 heavy (non-hydrogen) atoms. The second-order valence-corrected chi connectivity index (χ2v) is 10.1. The van der Waals surface area contributed by atoms with Crippen molar-refractivity contribution >= 4 is 15.9 Å². The standard InChI is InChI=1S/C22H32O4S/c1-13(2)17-10-20(14(3)4)22(21(11-17)15(5)6)27(24,25)26-19-9-16(7)8-18(23)12-19/h10-16H,8-9H2,1-7H3. The van der Waals surface area contributed by atoms with Crippen LogP contribution in [-0.2, 0) is 19.1 Å². The molecule has 4 nitrogen and oxygen atoms in total. The van der Waals surface area contributed by atoms with Crippen molar-refractivity contribution in [2.24, 2.45) is 5.92 Å². The molecule has 0 spiro atoms. The summed E-state index contributed by atoms with van der Waals surface area (Å²) in [4.78, 5) is 12.1. The molecule has 0 amide bonds. The predicted molar refractivity (Wildman–Crippen MR) is 108 cm³/mol. The van der Waals surface area contributed by atoms with Gasteiger partial charge in [-0.3, -0.25) is 4.79 Å². The number of hydrogen-bond donors (Lipinski definition) is 0. The molecule has 0 heterocycles. The minimum atomic E-state index is -4.02. The van der Waals surface area contributed by atoms with Crippen LogP contribution in [0.2, 0.25) is 0 Å². The van der Waals surface area contributed by atoms with Gasteiger partial charge in [-0.15, -0.1) is 0 Å². The van der Waals surface area contributed by atoms with Gasteiger partial charge in [0, 0.05) is 18.9 Å². The second kappa shape index (κ2) is 8.17. The topological polar surface area (TPSA) is 60.4 Å². The average molecular weight is 393 g/mol. The lowest BCUT2D eigenvalue weighted by molar-refractivity contribution is -0.116. The van der Waals surface area contributed by atoms with Gasteiger partial charge in [0.2, 0.25) is 0 Å². The summed E-state index contributed by atoms with van der Waals surface area (Å²) in [7, 11) is -4.02. The Balaban J connectivity index is 2.62. The van der Waals surface area contributed by atoms with E-state index < -0.39 is 10.1 Å². The maximum atomic E-state index is 13.3. The summed E-state index contributed by atoms with van der Waals surface area (Å²) in [6.07, 6.45) is 2.23. The van der Waals surface area contributed by atoms with E-state index in [1.807, 2.05) is 46.8 Å². The van der Waals surface area contributed by atoms with Gasteiger partial charge in [-0.2, -0.15) is 8.42 Å². The number of benzene rings is 1. The normalized spacial score (nSPS) is 18.4. The fraction of sp³-hybridized carbons (Fsp3) is 0.591. The molecule has 0 fully saturated rings. The van der Waals surface area contributed by atoms with E-state index in [0.717, 1.165) is 16.7 Å². The zero-order chi connectivity index (χ0) is 20.5. The minimum Gasteiger partial charge on any atom is -0.383 e. The van der Waals surface area contributed by atoms with Gasteiger partial charge in [-0.25, -0.2) is 0 Å². The second-order valence-electron chi connectivity index (χ2n) is 8.62. The molecule has 0 aliphatic heterocycles. The van der Waals surface area contributed by atoms with Crippen molar-refractivity contribution in [1.82, 2.24) is 0 Å². The molecule has 0 aromatic heterocycles. The summed E-state index contributed by atoms with van der Waals surface area (Å²) < 4.78 is 32.0. The highest BCUT2D eigenvalue weighted by Gasteiger charge is 2.30. The van der Waals surface area contributed by atoms with Crippen LogP contribution in [0.3, 0.4) is 0 Å². The Hall–Kier alpha value is -1.62. The van der Waals surface area contributed by atoms with E-state index >= 15 is 0 Å². The van der Waals surface area contributed by atoms with Crippen LogP contribution in [0.5, 0.6) is 0 Å². The molecule has 0 bridgehead atoms. The molecule has 1 aliphatic carbocycles. The molecule has 2 rings (SSSR count). The summed E-state index contributed by atoms with van der Waals surface area (Å²) >= 11 is 0. The number of hydrogen-bond acceptors (Lipinski definition) is 4. The zero-order valence-corrected chi connectivity index (χ0v) is 18.3. The van der Waals surface area contributed by atoms with Gasteiger partial charge in [0.1, 0.15) is 10.7 Å². The quantitative estimate of drug-likeness (QED) is 0.587. The van der Waals surface area contributed by atoms with Gasteiger partial charge in [-0.05, 0) is 40.4 Å². The van der Waals surface area contributed by atoms with Crippen LogP contribution in [-0.4, -0.2) is 14.2 Å². The summed E-state index contributed by atoms with van der Waals surface area (Å²) in [6.45, 7) is 14.1. The Morgan fingerprint density at radius 1 is 0.926 bits per heavy atom. The molecule has 1 aliphatic rings. The van der Waals surface area contributed by atoms with Crippen LogP contribution in [0.15, 0.2) is 28.9 Å². The van der Waals surface area contributed by atoms with Gasteiger partial charge < -0.3 is 4.18 Å². The minimum absolute atomic E-state index is 0.0375. The number of carbonyl (C=O) groups is 1. The van der Waals surface area contributed by atoms with Crippen molar-refractivity contribution in [3.63, 3.8) is 0 Å². The van der Waals surface area contributed by atoms with Gasteiger partial charge in [0.25, 0.3) is 0 Å². The molecule has 0 saturated heterocycles. The maximum Gasteiger partial charge on any atom is 0.339 e. The van der Waals surface area contributed by atoms with Crippen LogP contribution in [0, 0.1) is 5.92 Å². The first kappa shape index (κ1) is 21.7. The van der Waals surface area contributed by atoms with Crippen molar-refractivity contribution in [2.45, 2.75) is 84.0 Å². The van der Waals surface area contributed by atoms with E-state index in [1.54, 1.807) is 0 Å². The first-order chi connectivity index (χ1) is 12.4. The Kier molecular flexibility index (Phi) is 6.56. The van der Waals surface area contributed by atoms with Crippen LogP contribution in [0.4, 0.5) is 0 Å². The number of rotatable bonds is 6. The molecule has 1 aromatic rings. The summed E-state index contributed by atoms with van der Waals surface area (Å²) in [5, 5.41) is 0. The SMILES string of the molecule is CC1CC(=O)C=C(OS(=O)(=O)c2c(C(C)C)cc(C(C)C)cc2C(C)C)C1. The number of carbonyl (C=O) groups excluding carboxylic acids is 1. The molecule has 150 valence electrons. The van der Waals surface area contributed by atoms with Crippen LogP contribution >= 0.6 is 0 Å². The van der Waals surface area contributed by atoms with E-state index in [-0.39, 0.29) is 34.2 Å². The number of ketones is 1. The molecule has 1 aromatic carbocycles. The average Bonchev–Trinajstić information content (AvgIpc) is 2.51. The zero-order valence-electron chi connectivity index (χ0n) is 17.5. The third-order valence-corrected chi connectivity index (χ3v) is 6.37. The van der Waals surface area contributed by atoms with Crippen molar-refractivity contribution in [2.75, 3.05) is 0 Å². The lowest BCUT2D eigenvalue weighted by atomic mass is 9.89. The fourth-order valence-electron chi connectivity index (χ4n) is 3.48. The lowest BCUT2D eigenvalue weighted by Crippen LogP contribution is -2.18. The van der Waals surface area contributed by atoms with Gasteiger partial charge in [0.05, 0.1) is 0 Å². The number of allylic oxidation sites excluding steroid dienone is 2. The molecule has 0 N–H and O–H groups in total. The summed E-state index contributed by atoms with van der Waals surface area (Å²) in [6, 6.07) is 3.97. The molecule has 0 radical (unpaired) electrons. The Labute approximate surface area is 164 Å². The van der Waals surface area contributed by atoms with Crippen molar-refractivity contribution in [1.29, 1.82) is 0 Å². The van der Waals surface area contributed by atoms with Crippen LogP contribution in [0.1, 0.15) is 95.8 Å². The third-order valence-electron chi connectivity index (χ3n) is 4.97. The summed E-state index contributed by atoms with van der Waals surface area (Å²) in [5.74, 6) is 0.631. The van der Waals surface area contributed by atoms with Crippen molar-refractivity contribution < 1.29 is 17.4 Å².